The van der Waals surface area contributed by atoms with Crippen LogP contribution in [0.5, 0.6) is 5.75 Å². The van der Waals surface area contributed by atoms with Crippen LogP contribution < -0.4 is 10.1 Å². The van der Waals surface area contributed by atoms with Crippen molar-refractivity contribution in [2.75, 3.05) is 6.54 Å². The molecule has 0 amide bonds. The summed E-state index contributed by atoms with van der Waals surface area (Å²) < 4.78 is 6.02. The SMILES string of the molecule is CCCC(C)Oc1cc2c(cc1C)CCNC2. The van der Waals surface area contributed by atoms with Crippen LogP contribution in [0.25, 0.3) is 0 Å². The Morgan fingerprint density at radius 3 is 2.94 bits per heavy atom. The summed E-state index contributed by atoms with van der Waals surface area (Å²) in [5, 5.41) is 3.41. The van der Waals surface area contributed by atoms with Gasteiger partial charge in [-0.05, 0) is 56.0 Å². The molecule has 1 N–H and O–H groups in total. The van der Waals surface area contributed by atoms with E-state index < -0.39 is 0 Å². The van der Waals surface area contributed by atoms with Crippen LogP contribution in [0.2, 0.25) is 0 Å². The highest BCUT2D eigenvalue weighted by atomic mass is 16.5. The van der Waals surface area contributed by atoms with Gasteiger partial charge >= 0.3 is 0 Å². The lowest BCUT2D eigenvalue weighted by Crippen LogP contribution is -2.24. The molecule has 2 rings (SSSR count). The zero-order valence-electron chi connectivity index (χ0n) is 11.2. The Kier molecular flexibility index (Phi) is 4.06. The van der Waals surface area contributed by atoms with Crippen LogP contribution in [0.3, 0.4) is 0 Å². The molecule has 1 unspecified atom stereocenters. The summed E-state index contributed by atoms with van der Waals surface area (Å²) in [5.74, 6) is 1.06. The number of hydrogen-bond donors (Lipinski definition) is 1. The van der Waals surface area contributed by atoms with Crippen LogP contribution in [0.1, 0.15) is 43.4 Å². The van der Waals surface area contributed by atoms with Crippen LogP contribution in [0.15, 0.2) is 12.1 Å². The highest BCUT2D eigenvalue weighted by molar-refractivity contribution is 5.43. The molecule has 17 heavy (non-hydrogen) atoms. The minimum Gasteiger partial charge on any atom is -0.490 e. The van der Waals surface area contributed by atoms with Gasteiger partial charge in [-0.1, -0.05) is 19.4 Å². The Morgan fingerprint density at radius 2 is 2.18 bits per heavy atom. The lowest BCUT2D eigenvalue weighted by molar-refractivity contribution is 0.208. The highest BCUT2D eigenvalue weighted by Crippen LogP contribution is 2.26. The van der Waals surface area contributed by atoms with Crippen LogP contribution in [-0.2, 0) is 13.0 Å². The first-order chi connectivity index (χ1) is 8.20. The van der Waals surface area contributed by atoms with E-state index in [0.717, 1.165) is 31.7 Å². The van der Waals surface area contributed by atoms with Crippen molar-refractivity contribution in [1.82, 2.24) is 5.32 Å². The van der Waals surface area contributed by atoms with Crippen LogP contribution in [-0.4, -0.2) is 12.6 Å². The smallest absolute Gasteiger partial charge is 0.122 e. The number of fused-ring (bicyclic) bond motifs is 1. The van der Waals surface area contributed by atoms with Crippen molar-refractivity contribution in [2.24, 2.45) is 0 Å². The minimum atomic E-state index is 0.313. The fourth-order valence-electron chi connectivity index (χ4n) is 2.44. The standard InChI is InChI=1S/C15H23NO/c1-4-5-12(3)17-15-9-14-10-16-7-6-13(14)8-11(15)2/h8-9,12,16H,4-7,10H2,1-3H3. The average molecular weight is 233 g/mol. The second-order valence-corrected chi connectivity index (χ2v) is 5.03. The molecule has 0 fully saturated rings. The van der Waals surface area contributed by atoms with Gasteiger partial charge in [0.2, 0.25) is 0 Å². The molecule has 94 valence electrons. The number of aryl methyl sites for hydroxylation is 1. The Bertz CT molecular complexity index is 387. The normalized spacial score (nSPS) is 16.4. The molecule has 2 nitrogen and oxygen atoms in total. The molecule has 1 aliphatic heterocycles. The van der Waals surface area contributed by atoms with Gasteiger partial charge in [-0.2, -0.15) is 0 Å². The van der Waals surface area contributed by atoms with Crippen molar-refractivity contribution in [3.8, 4) is 5.75 Å². The fraction of sp³-hybridized carbons (Fsp3) is 0.600. The predicted octanol–water partition coefficient (Wildman–Crippen LogP) is 3.21. The summed E-state index contributed by atoms with van der Waals surface area (Å²) >= 11 is 0. The first kappa shape index (κ1) is 12.4. The Morgan fingerprint density at radius 1 is 1.35 bits per heavy atom. The van der Waals surface area contributed by atoms with E-state index in [2.05, 4.69) is 38.2 Å². The van der Waals surface area contributed by atoms with Gasteiger partial charge in [0, 0.05) is 6.54 Å². The molecule has 1 aromatic rings. The largest absolute Gasteiger partial charge is 0.490 e. The summed E-state index contributed by atoms with van der Waals surface area (Å²) in [6.07, 6.45) is 3.75. The molecule has 0 aliphatic carbocycles. The molecule has 1 aromatic carbocycles. The third kappa shape index (κ3) is 3.01. The van der Waals surface area contributed by atoms with E-state index in [1.807, 2.05) is 0 Å². The summed E-state index contributed by atoms with van der Waals surface area (Å²) in [7, 11) is 0. The highest BCUT2D eigenvalue weighted by Gasteiger charge is 2.13. The number of nitrogens with one attached hydrogen (secondary N) is 1. The Hall–Kier alpha value is -1.02. The summed E-state index contributed by atoms with van der Waals surface area (Å²) in [6, 6.07) is 4.52. The van der Waals surface area contributed by atoms with Crippen molar-refractivity contribution in [3.63, 3.8) is 0 Å². The molecular weight excluding hydrogens is 210 g/mol. The number of rotatable bonds is 4. The molecule has 0 aromatic heterocycles. The molecule has 0 spiro atoms. The molecule has 1 aliphatic rings. The third-order valence-electron chi connectivity index (χ3n) is 3.41. The van der Waals surface area contributed by atoms with Crippen molar-refractivity contribution in [1.29, 1.82) is 0 Å². The molecule has 0 saturated carbocycles. The second kappa shape index (κ2) is 5.54. The quantitative estimate of drug-likeness (QED) is 0.862. The van der Waals surface area contributed by atoms with Gasteiger partial charge in [-0.25, -0.2) is 0 Å². The van der Waals surface area contributed by atoms with E-state index in [1.165, 1.54) is 23.1 Å². The number of ether oxygens (including phenoxy) is 1. The first-order valence-corrected chi connectivity index (χ1v) is 6.70. The van der Waals surface area contributed by atoms with E-state index in [1.54, 1.807) is 0 Å². The molecule has 0 saturated heterocycles. The van der Waals surface area contributed by atoms with Gasteiger partial charge in [-0.3, -0.25) is 0 Å². The maximum absolute atomic E-state index is 6.02. The summed E-state index contributed by atoms with van der Waals surface area (Å²) in [5.41, 5.74) is 4.16. The van der Waals surface area contributed by atoms with E-state index >= 15 is 0 Å². The van der Waals surface area contributed by atoms with E-state index in [-0.39, 0.29) is 0 Å². The van der Waals surface area contributed by atoms with Crippen molar-refractivity contribution in [2.45, 2.75) is 52.7 Å². The van der Waals surface area contributed by atoms with E-state index in [0.29, 0.717) is 6.10 Å². The average Bonchev–Trinajstić information content (AvgIpc) is 2.30. The van der Waals surface area contributed by atoms with Crippen molar-refractivity contribution in [3.05, 3.63) is 28.8 Å². The zero-order chi connectivity index (χ0) is 12.3. The summed E-state index contributed by atoms with van der Waals surface area (Å²) in [4.78, 5) is 0. The monoisotopic (exact) mass is 233 g/mol. The van der Waals surface area contributed by atoms with Crippen LogP contribution in [0.4, 0.5) is 0 Å². The Balaban J connectivity index is 2.16. The number of benzene rings is 1. The van der Waals surface area contributed by atoms with Gasteiger partial charge in [0.05, 0.1) is 6.10 Å². The Labute approximate surface area is 104 Å². The van der Waals surface area contributed by atoms with Crippen LogP contribution in [0, 0.1) is 6.92 Å². The van der Waals surface area contributed by atoms with Gasteiger partial charge in [0.1, 0.15) is 5.75 Å². The fourth-order valence-corrected chi connectivity index (χ4v) is 2.44. The minimum absolute atomic E-state index is 0.313. The molecule has 0 radical (unpaired) electrons. The van der Waals surface area contributed by atoms with E-state index in [4.69, 9.17) is 4.74 Å². The van der Waals surface area contributed by atoms with E-state index in [9.17, 15) is 0 Å². The number of hydrogen-bond acceptors (Lipinski definition) is 2. The van der Waals surface area contributed by atoms with Gasteiger partial charge < -0.3 is 10.1 Å². The first-order valence-electron chi connectivity index (χ1n) is 6.70. The van der Waals surface area contributed by atoms with Gasteiger partial charge in [0.15, 0.2) is 0 Å². The topological polar surface area (TPSA) is 21.3 Å². The van der Waals surface area contributed by atoms with Crippen molar-refractivity contribution < 1.29 is 4.74 Å². The van der Waals surface area contributed by atoms with Gasteiger partial charge in [-0.15, -0.1) is 0 Å². The van der Waals surface area contributed by atoms with Crippen LogP contribution >= 0.6 is 0 Å². The molecule has 0 bridgehead atoms. The molecular formula is C15H23NO. The van der Waals surface area contributed by atoms with Crippen molar-refractivity contribution >= 4 is 0 Å². The second-order valence-electron chi connectivity index (χ2n) is 5.03. The maximum atomic E-state index is 6.02. The predicted molar refractivity (Wildman–Crippen MR) is 71.6 cm³/mol. The summed E-state index contributed by atoms with van der Waals surface area (Å²) in [6.45, 7) is 8.58. The van der Waals surface area contributed by atoms with Gasteiger partial charge in [0.25, 0.3) is 0 Å². The maximum Gasteiger partial charge on any atom is 0.122 e. The lowest BCUT2D eigenvalue weighted by atomic mass is 9.98. The molecule has 1 heterocycles. The lowest BCUT2D eigenvalue weighted by Gasteiger charge is -2.21. The molecule has 1 atom stereocenters. The zero-order valence-corrected chi connectivity index (χ0v) is 11.2. The molecule has 2 heteroatoms. The third-order valence-corrected chi connectivity index (χ3v) is 3.41.